The van der Waals surface area contributed by atoms with Gasteiger partial charge in [0.25, 0.3) is 0 Å². The van der Waals surface area contributed by atoms with Crippen LogP contribution in [0.3, 0.4) is 0 Å². The molecule has 4 heteroatoms. The number of hydrogen-bond donors (Lipinski definition) is 1. The van der Waals surface area contributed by atoms with Crippen LogP contribution in [0.2, 0.25) is 0 Å². The quantitative estimate of drug-likeness (QED) is 0.897. The summed E-state index contributed by atoms with van der Waals surface area (Å²) in [6.45, 7) is 6.35. The van der Waals surface area contributed by atoms with E-state index < -0.39 is 6.10 Å². The highest BCUT2D eigenvalue weighted by Crippen LogP contribution is 2.25. The van der Waals surface area contributed by atoms with Gasteiger partial charge in [0, 0.05) is 28.4 Å². The topological polar surface area (TPSA) is 38.0 Å². The molecule has 2 aromatic rings. The molecular weight excluding hydrogens is 244 g/mol. The summed E-state index contributed by atoms with van der Waals surface area (Å²) in [7, 11) is 0. The molecule has 3 nitrogen and oxygen atoms in total. The maximum Gasteiger partial charge on any atom is 0.0938 e. The number of aliphatic hydroxyl groups is 1. The maximum atomic E-state index is 10.2. The van der Waals surface area contributed by atoms with Gasteiger partial charge in [0.15, 0.2) is 0 Å². The molecule has 0 saturated heterocycles. The van der Waals surface area contributed by atoms with Crippen LogP contribution in [-0.4, -0.2) is 14.9 Å². The summed E-state index contributed by atoms with van der Waals surface area (Å²) in [6, 6.07) is 6.45. The zero-order valence-corrected chi connectivity index (χ0v) is 11.9. The average molecular weight is 264 g/mol. The smallest absolute Gasteiger partial charge is 0.0938 e. The predicted molar refractivity (Wildman–Crippen MR) is 74.9 cm³/mol. The summed E-state index contributed by atoms with van der Waals surface area (Å²) in [5.74, 6) is 0. The van der Waals surface area contributed by atoms with E-state index in [1.807, 2.05) is 29.1 Å². The number of rotatable bonds is 5. The first kappa shape index (κ1) is 13.3. The third-order valence-corrected chi connectivity index (χ3v) is 4.30. The van der Waals surface area contributed by atoms with Crippen molar-refractivity contribution in [3.63, 3.8) is 0 Å². The molecule has 0 aromatic carbocycles. The fourth-order valence-corrected chi connectivity index (χ4v) is 2.71. The Hall–Kier alpha value is -1.13. The fraction of sp³-hybridized carbons (Fsp3) is 0.500. The highest BCUT2D eigenvalue weighted by atomic mass is 32.1. The van der Waals surface area contributed by atoms with Gasteiger partial charge in [-0.25, -0.2) is 0 Å². The Balaban J connectivity index is 2.03. The number of aromatic nitrogens is 2. The third-order valence-electron chi connectivity index (χ3n) is 3.20. The second-order valence-corrected chi connectivity index (χ2v) is 6.03. The largest absolute Gasteiger partial charge is 0.387 e. The lowest BCUT2D eigenvalue weighted by Crippen LogP contribution is -2.06. The first-order chi connectivity index (χ1) is 8.60. The van der Waals surface area contributed by atoms with Gasteiger partial charge in [-0.15, -0.1) is 11.3 Å². The standard InChI is InChI=1S/C14H20N2OS/c1-4-10(2)16-8-7-12(15-16)9-13(17)14-6-5-11(3)18-14/h5-8,10,13,17H,4,9H2,1-3H3. The Morgan fingerprint density at radius 2 is 2.17 bits per heavy atom. The molecule has 0 bridgehead atoms. The minimum absolute atomic E-state index is 0.417. The lowest BCUT2D eigenvalue weighted by atomic mass is 10.2. The van der Waals surface area contributed by atoms with Gasteiger partial charge in [-0.3, -0.25) is 4.68 Å². The van der Waals surface area contributed by atoms with E-state index in [4.69, 9.17) is 0 Å². The summed E-state index contributed by atoms with van der Waals surface area (Å²) in [4.78, 5) is 2.25. The van der Waals surface area contributed by atoms with Crippen molar-refractivity contribution in [1.82, 2.24) is 9.78 Å². The van der Waals surface area contributed by atoms with E-state index in [-0.39, 0.29) is 0 Å². The minimum atomic E-state index is -0.441. The van der Waals surface area contributed by atoms with E-state index in [9.17, 15) is 5.11 Å². The van der Waals surface area contributed by atoms with Gasteiger partial charge in [0.1, 0.15) is 0 Å². The molecule has 0 aliphatic carbocycles. The number of aryl methyl sites for hydroxylation is 1. The van der Waals surface area contributed by atoms with E-state index in [0.29, 0.717) is 12.5 Å². The lowest BCUT2D eigenvalue weighted by Gasteiger charge is -2.09. The number of hydrogen-bond acceptors (Lipinski definition) is 3. The van der Waals surface area contributed by atoms with Gasteiger partial charge < -0.3 is 5.11 Å². The molecule has 1 N–H and O–H groups in total. The molecular formula is C14H20N2OS. The van der Waals surface area contributed by atoms with Crippen LogP contribution in [0.4, 0.5) is 0 Å². The Bertz CT molecular complexity index is 503. The van der Waals surface area contributed by atoms with Crippen LogP contribution in [0, 0.1) is 6.92 Å². The van der Waals surface area contributed by atoms with Crippen molar-refractivity contribution in [3.05, 3.63) is 39.8 Å². The maximum absolute atomic E-state index is 10.2. The van der Waals surface area contributed by atoms with Crippen molar-refractivity contribution in [2.24, 2.45) is 0 Å². The second kappa shape index (κ2) is 5.67. The number of nitrogens with zero attached hydrogens (tertiary/aromatic N) is 2. The molecule has 2 aromatic heterocycles. The van der Waals surface area contributed by atoms with Gasteiger partial charge in [-0.2, -0.15) is 5.10 Å². The highest BCUT2D eigenvalue weighted by Gasteiger charge is 2.13. The zero-order valence-electron chi connectivity index (χ0n) is 11.1. The van der Waals surface area contributed by atoms with E-state index in [0.717, 1.165) is 17.0 Å². The van der Waals surface area contributed by atoms with Gasteiger partial charge in [-0.1, -0.05) is 6.92 Å². The fourth-order valence-electron chi connectivity index (χ4n) is 1.85. The molecule has 2 rings (SSSR count). The molecule has 0 amide bonds. The first-order valence-electron chi connectivity index (χ1n) is 6.38. The van der Waals surface area contributed by atoms with Crippen LogP contribution in [0.25, 0.3) is 0 Å². The van der Waals surface area contributed by atoms with Crippen molar-refractivity contribution in [1.29, 1.82) is 0 Å². The molecule has 0 aliphatic heterocycles. The summed E-state index contributed by atoms with van der Waals surface area (Å²) in [5.41, 5.74) is 0.953. The molecule has 2 atom stereocenters. The molecule has 0 fully saturated rings. The number of aliphatic hydroxyl groups excluding tert-OH is 1. The van der Waals surface area contributed by atoms with Gasteiger partial charge in [0.05, 0.1) is 11.8 Å². The Morgan fingerprint density at radius 1 is 1.39 bits per heavy atom. The molecule has 0 radical (unpaired) electrons. The van der Waals surface area contributed by atoms with Crippen LogP contribution in [0.15, 0.2) is 24.4 Å². The van der Waals surface area contributed by atoms with Crippen LogP contribution >= 0.6 is 11.3 Å². The van der Waals surface area contributed by atoms with Crippen LogP contribution < -0.4 is 0 Å². The summed E-state index contributed by atoms with van der Waals surface area (Å²) >= 11 is 1.65. The first-order valence-corrected chi connectivity index (χ1v) is 7.20. The van der Waals surface area contributed by atoms with Crippen LogP contribution in [0.5, 0.6) is 0 Å². The van der Waals surface area contributed by atoms with E-state index in [1.54, 1.807) is 11.3 Å². The van der Waals surface area contributed by atoms with E-state index >= 15 is 0 Å². The predicted octanol–water partition coefficient (Wildman–Crippen LogP) is 3.50. The van der Waals surface area contributed by atoms with Crippen LogP contribution in [0.1, 0.15) is 47.9 Å². The van der Waals surface area contributed by atoms with Crippen molar-refractivity contribution >= 4 is 11.3 Å². The zero-order chi connectivity index (χ0) is 13.1. The van der Waals surface area contributed by atoms with Gasteiger partial charge in [0.2, 0.25) is 0 Å². The number of thiophene rings is 1. The molecule has 0 spiro atoms. The summed E-state index contributed by atoms with van der Waals surface area (Å²) < 4.78 is 1.97. The molecule has 2 unspecified atom stereocenters. The molecule has 0 aliphatic rings. The van der Waals surface area contributed by atoms with Crippen LogP contribution in [-0.2, 0) is 6.42 Å². The molecule has 18 heavy (non-hydrogen) atoms. The van der Waals surface area contributed by atoms with Crippen molar-refractivity contribution < 1.29 is 5.11 Å². The van der Waals surface area contributed by atoms with E-state index in [2.05, 4.69) is 25.9 Å². The summed E-state index contributed by atoms with van der Waals surface area (Å²) in [6.07, 6.45) is 3.21. The van der Waals surface area contributed by atoms with Crippen molar-refractivity contribution in [2.75, 3.05) is 0 Å². The Labute approximate surface area is 112 Å². The van der Waals surface area contributed by atoms with Crippen molar-refractivity contribution in [2.45, 2.75) is 45.8 Å². The molecule has 98 valence electrons. The average Bonchev–Trinajstić information content (AvgIpc) is 2.97. The highest BCUT2D eigenvalue weighted by molar-refractivity contribution is 7.12. The monoisotopic (exact) mass is 264 g/mol. The second-order valence-electron chi connectivity index (χ2n) is 4.71. The van der Waals surface area contributed by atoms with Gasteiger partial charge in [-0.05, 0) is 38.5 Å². The third kappa shape index (κ3) is 3.00. The van der Waals surface area contributed by atoms with E-state index in [1.165, 1.54) is 4.88 Å². The Kier molecular flexibility index (Phi) is 4.19. The lowest BCUT2D eigenvalue weighted by molar-refractivity contribution is 0.180. The van der Waals surface area contributed by atoms with Gasteiger partial charge >= 0.3 is 0 Å². The molecule has 0 saturated carbocycles. The van der Waals surface area contributed by atoms with Crippen molar-refractivity contribution in [3.8, 4) is 0 Å². The SMILES string of the molecule is CCC(C)n1ccc(CC(O)c2ccc(C)s2)n1. The summed E-state index contributed by atoms with van der Waals surface area (Å²) in [5, 5.41) is 14.7. The Morgan fingerprint density at radius 3 is 2.78 bits per heavy atom. The normalized spacial score (nSPS) is 14.7. The molecule has 2 heterocycles. The minimum Gasteiger partial charge on any atom is -0.387 e.